The molecule has 2 aliphatic heterocycles. The smallest absolute Gasteiger partial charge is 0.381 e. The van der Waals surface area contributed by atoms with Crippen molar-refractivity contribution in [3.63, 3.8) is 0 Å². The normalized spacial score (nSPS) is 24.1. The van der Waals surface area contributed by atoms with E-state index in [-0.39, 0.29) is 18.2 Å². The van der Waals surface area contributed by atoms with Crippen molar-refractivity contribution < 1.29 is 27.5 Å². The summed E-state index contributed by atoms with van der Waals surface area (Å²) in [4.78, 5) is 34.4. The largest absolute Gasteiger partial charge is 0.471 e. The van der Waals surface area contributed by atoms with Gasteiger partial charge in [0.25, 0.3) is 0 Å². The molecule has 2 atom stereocenters. The highest BCUT2D eigenvalue weighted by Crippen LogP contribution is 2.49. The first-order chi connectivity index (χ1) is 18.6. The molecule has 39 heavy (non-hydrogen) atoms. The Balaban J connectivity index is 1.38. The zero-order chi connectivity index (χ0) is 27.8. The summed E-state index contributed by atoms with van der Waals surface area (Å²) < 4.78 is 46.5. The number of rotatable bonds is 5. The molecule has 1 aromatic heterocycles. The molecule has 210 valence electrons. The van der Waals surface area contributed by atoms with Crippen molar-refractivity contribution in [1.82, 2.24) is 14.8 Å². The average Bonchev–Trinajstić information content (AvgIpc) is 3.39. The highest BCUT2D eigenvalue weighted by atomic mass is 19.4. The van der Waals surface area contributed by atoms with Crippen LogP contribution >= 0.6 is 0 Å². The maximum absolute atomic E-state index is 14.2. The molecule has 3 aliphatic rings. The van der Waals surface area contributed by atoms with Crippen LogP contribution in [0.3, 0.4) is 0 Å². The summed E-state index contributed by atoms with van der Waals surface area (Å²) in [6.07, 6.45) is -0.612. The summed E-state index contributed by atoms with van der Waals surface area (Å²) in [5.74, 6) is -1.90. The fraction of sp³-hybridized carbons (Fsp3) is 0.567. The number of pyridine rings is 1. The Labute approximate surface area is 227 Å². The number of benzene rings is 1. The number of nitrogens with zero attached hydrogens (tertiary/aromatic N) is 3. The number of fused-ring (bicyclic) bond motifs is 1. The molecule has 3 heterocycles. The zero-order valence-corrected chi connectivity index (χ0v) is 22.5. The lowest BCUT2D eigenvalue weighted by molar-refractivity contribution is -0.192. The van der Waals surface area contributed by atoms with Crippen LogP contribution in [0.4, 0.5) is 13.2 Å². The van der Waals surface area contributed by atoms with Crippen LogP contribution in [-0.4, -0.2) is 64.6 Å². The van der Waals surface area contributed by atoms with Gasteiger partial charge in [0, 0.05) is 62.3 Å². The minimum atomic E-state index is -4.95. The van der Waals surface area contributed by atoms with Gasteiger partial charge in [-0.05, 0) is 55.2 Å². The van der Waals surface area contributed by atoms with Gasteiger partial charge in [-0.2, -0.15) is 13.2 Å². The standard InChI is InChI=1S/C30H36F3N3O3/c1-20(2)29(12-8-25(17-29)36(28(38)30(31,32)33)24-10-14-39-15-11-24)27(37)35-13-9-26-23(19-35)16-22(18-34-26)21-6-4-3-5-7-21/h3-7,16,18,20,24-25H,8-15,17,19H2,1-2H3/t25-,29+/m1/s1. The minimum absolute atomic E-state index is 0.0258. The average molecular weight is 544 g/mol. The molecule has 1 saturated heterocycles. The van der Waals surface area contributed by atoms with E-state index in [0.29, 0.717) is 58.4 Å². The third kappa shape index (κ3) is 5.42. The topological polar surface area (TPSA) is 62.7 Å². The van der Waals surface area contributed by atoms with E-state index in [0.717, 1.165) is 27.3 Å². The van der Waals surface area contributed by atoms with Crippen molar-refractivity contribution in [3.8, 4) is 11.1 Å². The van der Waals surface area contributed by atoms with E-state index in [2.05, 4.69) is 11.1 Å². The van der Waals surface area contributed by atoms with E-state index in [9.17, 15) is 22.8 Å². The van der Waals surface area contributed by atoms with Gasteiger partial charge in [-0.25, -0.2) is 0 Å². The summed E-state index contributed by atoms with van der Waals surface area (Å²) in [5.41, 5.74) is 3.20. The van der Waals surface area contributed by atoms with E-state index < -0.39 is 29.6 Å². The number of halogens is 3. The van der Waals surface area contributed by atoms with Crippen LogP contribution in [0.1, 0.15) is 57.2 Å². The molecule has 5 rings (SSSR count). The van der Waals surface area contributed by atoms with Gasteiger partial charge in [0.05, 0.1) is 5.41 Å². The molecule has 1 aromatic carbocycles. The van der Waals surface area contributed by atoms with Crippen LogP contribution in [0.25, 0.3) is 11.1 Å². The second-order valence-corrected chi connectivity index (χ2v) is 11.4. The second-order valence-electron chi connectivity index (χ2n) is 11.4. The lowest BCUT2D eigenvalue weighted by Crippen LogP contribution is -2.54. The molecule has 0 bridgehead atoms. The van der Waals surface area contributed by atoms with Crippen LogP contribution in [0, 0.1) is 11.3 Å². The van der Waals surface area contributed by atoms with Crippen molar-refractivity contribution >= 4 is 11.8 Å². The molecule has 0 N–H and O–H groups in total. The lowest BCUT2D eigenvalue weighted by atomic mass is 9.73. The Morgan fingerprint density at radius 1 is 1.08 bits per heavy atom. The van der Waals surface area contributed by atoms with E-state index >= 15 is 0 Å². The molecule has 9 heteroatoms. The van der Waals surface area contributed by atoms with Crippen molar-refractivity contribution in [2.24, 2.45) is 11.3 Å². The maximum Gasteiger partial charge on any atom is 0.471 e. The van der Waals surface area contributed by atoms with E-state index in [1.54, 1.807) is 0 Å². The highest BCUT2D eigenvalue weighted by molar-refractivity contribution is 5.85. The third-order valence-electron chi connectivity index (χ3n) is 8.94. The highest BCUT2D eigenvalue weighted by Gasteiger charge is 2.55. The van der Waals surface area contributed by atoms with Gasteiger partial charge >= 0.3 is 12.1 Å². The number of alkyl halides is 3. The molecule has 6 nitrogen and oxygen atoms in total. The molecular weight excluding hydrogens is 507 g/mol. The van der Waals surface area contributed by atoms with Gasteiger partial charge in [-0.15, -0.1) is 0 Å². The van der Waals surface area contributed by atoms with E-state index in [1.807, 2.05) is 55.3 Å². The van der Waals surface area contributed by atoms with Crippen molar-refractivity contribution in [2.45, 2.75) is 77.2 Å². The van der Waals surface area contributed by atoms with Gasteiger partial charge in [0.1, 0.15) is 0 Å². The molecule has 0 unspecified atom stereocenters. The Bertz CT molecular complexity index is 1200. The van der Waals surface area contributed by atoms with Crippen LogP contribution in [0.15, 0.2) is 42.6 Å². The summed E-state index contributed by atoms with van der Waals surface area (Å²) in [6.45, 7) is 5.55. The monoisotopic (exact) mass is 543 g/mol. The Morgan fingerprint density at radius 3 is 2.46 bits per heavy atom. The number of ether oxygens (including phenoxy) is 1. The van der Waals surface area contributed by atoms with Gasteiger partial charge in [-0.3, -0.25) is 14.6 Å². The van der Waals surface area contributed by atoms with E-state index in [4.69, 9.17) is 4.74 Å². The van der Waals surface area contributed by atoms with Gasteiger partial charge in [-0.1, -0.05) is 44.2 Å². The molecule has 0 radical (unpaired) electrons. The molecular formula is C30H36F3N3O3. The predicted molar refractivity (Wildman–Crippen MR) is 140 cm³/mol. The van der Waals surface area contributed by atoms with Crippen LogP contribution < -0.4 is 0 Å². The first-order valence-electron chi connectivity index (χ1n) is 13.9. The van der Waals surface area contributed by atoms with E-state index in [1.165, 1.54) is 0 Å². The van der Waals surface area contributed by atoms with Crippen molar-refractivity contribution in [3.05, 3.63) is 53.9 Å². The molecule has 2 aromatic rings. The predicted octanol–water partition coefficient (Wildman–Crippen LogP) is 5.40. The third-order valence-corrected chi connectivity index (χ3v) is 8.94. The van der Waals surface area contributed by atoms with Crippen molar-refractivity contribution in [1.29, 1.82) is 0 Å². The molecule has 2 fully saturated rings. The van der Waals surface area contributed by atoms with Crippen LogP contribution in [0.2, 0.25) is 0 Å². The molecule has 0 spiro atoms. The number of carbonyl (C=O) groups excluding carboxylic acids is 2. The number of carbonyl (C=O) groups is 2. The number of hydrogen-bond donors (Lipinski definition) is 0. The van der Waals surface area contributed by atoms with Gasteiger partial charge in [0.15, 0.2) is 0 Å². The summed E-state index contributed by atoms with van der Waals surface area (Å²) in [6, 6.07) is 10.9. The quantitative estimate of drug-likeness (QED) is 0.507. The molecule has 1 saturated carbocycles. The maximum atomic E-state index is 14.2. The summed E-state index contributed by atoms with van der Waals surface area (Å²) >= 11 is 0. The molecule has 1 aliphatic carbocycles. The second kappa shape index (κ2) is 10.9. The SMILES string of the molecule is CC(C)[C@]1(C(=O)N2CCc3ncc(-c4ccccc4)cc3C2)CC[C@@H](N(C(=O)C(F)(F)F)C2CCOCC2)C1. The van der Waals surface area contributed by atoms with Gasteiger partial charge in [0.2, 0.25) is 5.91 Å². The summed E-state index contributed by atoms with van der Waals surface area (Å²) in [7, 11) is 0. The Kier molecular flexibility index (Phi) is 7.73. The fourth-order valence-corrected chi connectivity index (χ4v) is 6.69. The number of amides is 2. The Morgan fingerprint density at radius 2 is 1.79 bits per heavy atom. The van der Waals surface area contributed by atoms with Crippen molar-refractivity contribution in [2.75, 3.05) is 19.8 Å². The minimum Gasteiger partial charge on any atom is -0.381 e. The fourth-order valence-electron chi connectivity index (χ4n) is 6.69. The first kappa shape index (κ1) is 27.6. The van der Waals surface area contributed by atoms with Crippen LogP contribution in [0.5, 0.6) is 0 Å². The lowest BCUT2D eigenvalue weighted by Gasteiger charge is -2.42. The zero-order valence-electron chi connectivity index (χ0n) is 22.5. The Hall–Kier alpha value is -2.94. The van der Waals surface area contributed by atoms with Crippen LogP contribution in [-0.2, 0) is 27.3 Å². The van der Waals surface area contributed by atoms with Gasteiger partial charge < -0.3 is 14.5 Å². The summed E-state index contributed by atoms with van der Waals surface area (Å²) in [5, 5.41) is 0. The first-order valence-corrected chi connectivity index (χ1v) is 13.9. The molecule has 2 amide bonds. The number of aromatic nitrogens is 1. The number of hydrogen-bond acceptors (Lipinski definition) is 4.